The van der Waals surface area contributed by atoms with Crippen LogP contribution in [0.3, 0.4) is 0 Å². The molecular weight excluding hydrogens is 350 g/mol. The van der Waals surface area contributed by atoms with Gasteiger partial charge in [-0.3, -0.25) is 14.3 Å². The summed E-state index contributed by atoms with van der Waals surface area (Å²) in [5, 5.41) is 6.75. The number of esters is 1. The predicted molar refractivity (Wildman–Crippen MR) is 98.9 cm³/mol. The molecule has 0 aliphatic heterocycles. The van der Waals surface area contributed by atoms with Crippen LogP contribution >= 0.6 is 0 Å². The highest BCUT2D eigenvalue weighted by Gasteiger charge is 2.28. The number of rotatable bonds is 6. The predicted octanol–water partition coefficient (Wildman–Crippen LogP) is 2.11. The van der Waals surface area contributed by atoms with Crippen molar-refractivity contribution in [3.05, 3.63) is 40.7 Å². The Morgan fingerprint density at radius 2 is 1.85 bits per heavy atom. The van der Waals surface area contributed by atoms with Gasteiger partial charge in [-0.25, -0.2) is 4.79 Å². The monoisotopic (exact) mass is 373 g/mol. The van der Waals surface area contributed by atoms with E-state index in [0.717, 1.165) is 5.56 Å². The Morgan fingerprint density at radius 3 is 2.41 bits per heavy atom. The van der Waals surface area contributed by atoms with Crippen molar-refractivity contribution in [2.75, 3.05) is 12.4 Å². The number of methoxy groups -OCH3 is 1. The van der Waals surface area contributed by atoms with Crippen LogP contribution in [0.2, 0.25) is 0 Å². The van der Waals surface area contributed by atoms with E-state index in [0.29, 0.717) is 22.8 Å². The third-order valence-electron chi connectivity index (χ3n) is 4.19. The van der Waals surface area contributed by atoms with E-state index in [4.69, 9.17) is 9.47 Å². The van der Waals surface area contributed by atoms with E-state index in [2.05, 4.69) is 10.4 Å². The van der Waals surface area contributed by atoms with Crippen molar-refractivity contribution in [1.29, 1.82) is 0 Å². The Morgan fingerprint density at radius 1 is 1.19 bits per heavy atom. The fraction of sp³-hybridized carbons (Fsp3) is 0.368. The normalized spacial score (nSPS) is 11.6. The van der Waals surface area contributed by atoms with Crippen LogP contribution in [0.15, 0.2) is 18.2 Å². The van der Waals surface area contributed by atoms with Crippen molar-refractivity contribution in [2.45, 2.75) is 33.8 Å². The highest BCUT2D eigenvalue weighted by atomic mass is 16.6. The Labute approximate surface area is 157 Å². The van der Waals surface area contributed by atoms with Crippen LogP contribution in [0.1, 0.15) is 34.2 Å². The summed E-state index contributed by atoms with van der Waals surface area (Å²) in [5.41, 5.74) is 2.55. The van der Waals surface area contributed by atoms with E-state index in [1.54, 1.807) is 33.0 Å². The average molecular weight is 373 g/mol. The Kier molecular flexibility index (Phi) is 5.99. The fourth-order valence-corrected chi connectivity index (χ4v) is 2.63. The molecule has 1 unspecified atom stereocenters. The molecule has 0 aliphatic rings. The summed E-state index contributed by atoms with van der Waals surface area (Å²) < 4.78 is 11.8. The molecule has 144 valence electrons. The standard InChI is InChI=1S/C19H23N3O5/c1-10-7-8-15(26-6)14(9-10)20-18(24)13(4)27-19(25)17(23)16-11(2)21-22(5)12(16)3/h7-9,13H,1-6H3,(H,20,24). The average Bonchev–Trinajstić information content (AvgIpc) is 2.86. The first-order valence-electron chi connectivity index (χ1n) is 8.36. The maximum atomic E-state index is 12.4. The number of aryl methyl sites for hydroxylation is 3. The second-order valence-electron chi connectivity index (χ2n) is 6.24. The first kappa shape index (κ1) is 20.2. The summed E-state index contributed by atoms with van der Waals surface area (Å²) in [7, 11) is 3.16. The second kappa shape index (κ2) is 8.03. The van der Waals surface area contributed by atoms with Crippen molar-refractivity contribution in [3.8, 4) is 5.75 Å². The third-order valence-corrected chi connectivity index (χ3v) is 4.19. The van der Waals surface area contributed by atoms with Crippen molar-refractivity contribution in [3.63, 3.8) is 0 Å². The van der Waals surface area contributed by atoms with Crippen molar-refractivity contribution in [1.82, 2.24) is 9.78 Å². The number of ketones is 1. The molecule has 1 heterocycles. The van der Waals surface area contributed by atoms with Gasteiger partial charge < -0.3 is 14.8 Å². The zero-order chi connectivity index (χ0) is 20.3. The molecule has 0 spiro atoms. The lowest BCUT2D eigenvalue weighted by molar-refractivity contribution is -0.148. The number of amides is 1. The molecular formula is C19H23N3O5. The van der Waals surface area contributed by atoms with Crippen LogP contribution in [0.5, 0.6) is 5.75 Å². The smallest absolute Gasteiger partial charge is 0.380 e. The quantitative estimate of drug-likeness (QED) is 0.473. The van der Waals surface area contributed by atoms with Gasteiger partial charge in [-0.1, -0.05) is 6.07 Å². The van der Waals surface area contributed by atoms with E-state index < -0.39 is 23.8 Å². The lowest BCUT2D eigenvalue weighted by atomic mass is 10.1. The van der Waals surface area contributed by atoms with Crippen molar-refractivity contribution >= 4 is 23.3 Å². The number of carbonyl (C=O) groups is 3. The van der Waals surface area contributed by atoms with E-state index >= 15 is 0 Å². The molecule has 0 radical (unpaired) electrons. The van der Waals surface area contributed by atoms with Gasteiger partial charge in [-0.15, -0.1) is 0 Å². The molecule has 8 heteroatoms. The Hall–Kier alpha value is -3.16. The van der Waals surface area contributed by atoms with Crippen LogP contribution < -0.4 is 10.1 Å². The first-order chi connectivity index (χ1) is 12.6. The van der Waals surface area contributed by atoms with Gasteiger partial charge >= 0.3 is 5.97 Å². The molecule has 0 bridgehead atoms. The molecule has 1 aromatic carbocycles. The Bertz CT molecular complexity index is 901. The summed E-state index contributed by atoms with van der Waals surface area (Å²) in [6, 6.07) is 5.30. The molecule has 0 fully saturated rings. The lowest BCUT2D eigenvalue weighted by Gasteiger charge is -2.15. The molecule has 2 rings (SSSR count). The molecule has 27 heavy (non-hydrogen) atoms. The number of Topliss-reactive ketones (excluding diaryl/α,β-unsaturated/α-hetero) is 1. The number of anilines is 1. The number of aromatic nitrogens is 2. The van der Waals surface area contributed by atoms with Gasteiger partial charge in [0.25, 0.3) is 11.7 Å². The summed E-state index contributed by atoms with van der Waals surface area (Å²) in [6.07, 6.45) is -1.16. The first-order valence-corrected chi connectivity index (χ1v) is 8.36. The molecule has 0 aliphatic carbocycles. The van der Waals surface area contributed by atoms with Crippen LogP contribution in [0, 0.1) is 20.8 Å². The highest BCUT2D eigenvalue weighted by molar-refractivity contribution is 6.41. The SMILES string of the molecule is COc1ccc(C)cc1NC(=O)C(C)OC(=O)C(=O)c1c(C)nn(C)c1C. The van der Waals surface area contributed by atoms with Gasteiger partial charge in [0.2, 0.25) is 0 Å². The van der Waals surface area contributed by atoms with Crippen LogP contribution in [-0.2, 0) is 21.4 Å². The van der Waals surface area contributed by atoms with Crippen LogP contribution in [-0.4, -0.2) is 40.7 Å². The highest BCUT2D eigenvalue weighted by Crippen LogP contribution is 2.25. The minimum Gasteiger partial charge on any atom is -0.495 e. The molecule has 8 nitrogen and oxygen atoms in total. The Balaban J connectivity index is 2.09. The molecule has 2 aromatic rings. The zero-order valence-electron chi connectivity index (χ0n) is 16.2. The molecule has 1 N–H and O–H groups in total. The maximum absolute atomic E-state index is 12.4. The minimum absolute atomic E-state index is 0.190. The number of benzene rings is 1. The maximum Gasteiger partial charge on any atom is 0.380 e. The molecule has 1 aromatic heterocycles. The van der Waals surface area contributed by atoms with Crippen molar-refractivity contribution in [2.24, 2.45) is 7.05 Å². The number of ether oxygens (including phenoxy) is 2. The van der Waals surface area contributed by atoms with E-state index in [-0.39, 0.29) is 5.56 Å². The van der Waals surface area contributed by atoms with Gasteiger partial charge in [0.15, 0.2) is 6.10 Å². The van der Waals surface area contributed by atoms with E-state index in [1.165, 1.54) is 18.7 Å². The van der Waals surface area contributed by atoms with E-state index in [9.17, 15) is 14.4 Å². The van der Waals surface area contributed by atoms with Gasteiger partial charge in [0.1, 0.15) is 5.75 Å². The minimum atomic E-state index is -1.16. The number of hydrogen-bond acceptors (Lipinski definition) is 6. The zero-order valence-corrected chi connectivity index (χ0v) is 16.2. The summed E-state index contributed by atoms with van der Waals surface area (Å²) in [5.74, 6) is -2.02. The largest absolute Gasteiger partial charge is 0.495 e. The number of nitrogens with zero attached hydrogens (tertiary/aromatic N) is 2. The van der Waals surface area contributed by atoms with Crippen LogP contribution in [0.4, 0.5) is 5.69 Å². The third kappa shape index (κ3) is 4.33. The molecule has 1 amide bonds. The van der Waals surface area contributed by atoms with E-state index in [1.807, 2.05) is 13.0 Å². The number of carbonyl (C=O) groups excluding carboxylic acids is 3. The number of nitrogens with one attached hydrogen (secondary N) is 1. The summed E-state index contributed by atoms with van der Waals surface area (Å²) in [6.45, 7) is 6.58. The summed E-state index contributed by atoms with van der Waals surface area (Å²) in [4.78, 5) is 36.9. The van der Waals surface area contributed by atoms with Gasteiger partial charge in [-0.2, -0.15) is 5.10 Å². The van der Waals surface area contributed by atoms with Gasteiger partial charge in [-0.05, 0) is 45.4 Å². The van der Waals surface area contributed by atoms with Gasteiger partial charge in [0, 0.05) is 12.7 Å². The topological polar surface area (TPSA) is 99.5 Å². The summed E-state index contributed by atoms with van der Waals surface area (Å²) >= 11 is 0. The lowest BCUT2D eigenvalue weighted by Crippen LogP contribution is -2.33. The second-order valence-corrected chi connectivity index (χ2v) is 6.24. The van der Waals surface area contributed by atoms with Crippen LogP contribution in [0.25, 0.3) is 0 Å². The molecule has 0 saturated heterocycles. The van der Waals surface area contributed by atoms with Gasteiger partial charge in [0.05, 0.1) is 24.1 Å². The fourth-order valence-electron chi connectivity index (χ4n) is 2.63. The number of hydrogen-bond donors (Lipinski definition) is 1. The van der Waals surface area contributed by atoms with Crippen molar-refractivity contribution < 1.29 is 23.9 Å². The molecule has 0 saturated carbocycles. The molecule has 1 atom stereocenters.